The number of fused-ring (bicyclic) bond motifs is 2. The summed E-state index contributed by atoms with van der Waals surface area (Å²) in [6.45, 7) is 4.26. The first-order valence-electron chi connectivity index (χ1n) is 5.38. The maximum absolute atomic E-state index is 3.47. The normalized spacial score (nSPS) is 12.6. The van der Waals surface area contributed by atoms with E-state index >= 15 is 0 Å². The van der Waals surface area contributed by atoms with E-state index in [9.17, 15) is 0 Å². The van der Waals surface area contributed by atoms with Crippen LogP contribution in [0.5, 0.6) is 0 Å². The fraction of sp³-hybridized carbons (Fsp3) is 0.143. The molecule has 0 fully saturated rings. The molecule has 3 rings (SSSR count). The Kier molecular flexibility index (Phi) is 2.18. The first kappa shape index (κ1) is 9.79. The zero-order chi connectivity index (χ0) is 11.1. The Morgan fingerprint density at radius 3 is 1.81 bits per heavy atom. The van der Waals surface area contributed by atoms with Gasteiger partial charge in [0.05, 0.1) is 11.4 Å². The average Bonchev–Trinajstić information content (AvgIpc) is 2.26. The van der Waals surface area contributed by atoms with E-state index in [1.807, 2.05) is 11.8 Å². The van der Waals surface area contributed by atoms with E-state index in [-0.39, 0.29) is 0 Å². The minimum Gasteiger partial charge on any atom is -0.354 e. The van der Waals surface area contributed by atoms with Gasteiger partial charge in [0.2, 0.25) is 0 Å². The zero-order valence-corrected chi connectivity index (χ0v) is 10.2. The molecule has 0 spiro atoms. The molecule has 0 saturated heterocycles. The monoisotopic (exact) mass is 227 g/mol. The molecule has 2 heteroatoms. The summed E-state index contributed by atoms with van der Waals surface area (Å²) in [7, 11) is 0. The quantitative estimate of drug-likeness (QED) is 0.606. The third kappa shape index (κ3) is 1.59. The Bertz CT molecular complexity index is 511. The second-order valence-electron chi connectivity index (χ2n) is 4.23. The molecule has 1 aliphatic rings. The van der Waals surface area contributed by atoms with Crippen LogP contribution in [0.15, 0.2) is 46.2 Å². The summed E-state index contributed by atoms with van der Waals surface area (Å²) in [5.74, 6) is 0. The molecule has 16 heavy (non-hydrogen) atoms. The number of anilines is 2. The topological polar surface area (TPSA) is 12.0 Å². The molecule has 0 radical (unpaired) electrons. The summed E-state index contributed by atoms with van der Waals surface area (Å²) >= 11 is 1.85. The van der Waals surface area contributed by atoms with E-state index < -0.39 is 0 Å². The van der Waals surface area contributed by atoms with Crippen molar-refractivity contribution in [2.45, 2.75) is 23.6 Å². The van der Waals surface area contributed by atoms with Crippen molar-refractivity contribution >= 4 is 23.1 Å². The van der Waals surface area contributed by atoms with Crippen LogP contribution in [0.25, 0.3) is 0 Å². The molecule has 1 nitrogen and oxygen atoms in total. The van der Waals surface area contributed by atoms with Gasteiger partial charge in [0, 0.05) is 9.79 Å². The SMILES string of the molecule is Cc1ccc2c(c1)Sc1cc(C)ccc1N2. The van der Waals surface area contributed by atoms with Crippen LogP contribution >= 0.6 is 11.8 Å². The average molecular weight is 227 g/mol. The van der Waals surface area contributed by atoms with E-state index in [0.29, 0.717) is 0 Å². The minimum absolute atomic E-state index is 1.21. The number of aryl methyl sites for hydroxylation is 2. The summed E-state index contributed by atoms with van der Waals surface area (Å²) in [4.78, 5) is 2.64. The number of benzene rings is 2. The van der Waals surface area contributed by atoms with Gasteiger partial charge in [-0.3, -0.25) is 0 Å². The van der Waals surface area contributed by atoms with Crippen molar-refractivity contribution in [3.8, 4) is 0 Å². The van der Waals surface area contributed by atoms with Crippen molar-refractivity contribution in [1.82, 2.24) is 0 Å². The molecule has 0 bridgehead atoms. The molecule has 0 saturated carbocycles. The predicted octanol–water partition coefficient (Wildman–Crippen LogP) is 4.51. The number of hydrogen-bond acceptors (Lipinski definition) is 2. The third-order valence-electron chi connectivity index (χ3n) is 2.76. The minimum atomic E-state index is 1.21. The van der Waals surface area contributed by atoms with Crippen LogP contribution in [0, 0.1) is 13.8 Å². The van der Waals surface area contributed by atoms with Gasteiger partial charge in [-0.1, -0.05) is 23.9 Å². The lowest BCUT2D eigenvalue weighted by atomic mass is 10.2. The van der Waals surface area contributed by atoms with E-state index in [1.165, 1.54) is 32.3 Å². The Balaban J connectivity index is 2.10. The molecule has 1 aliphatic heterocycles. The van der Waals surface area contributed by atoms with Crippen LogP contribution in [0.3, 0.4) is 0 Å². The van der Waals surface area contributed by atoms with Crippen LogP contribution in [0.4, 0.5) is 11.4 Å². The first-order valence-corrected chi connectivity index (χ1v) is 6.20. The van der Waals surface area contributed by atoms with E-state index in [4.69, 9.17) is 0 Å². The standard InChI is InChI=1S/C14H13NS/c1-9-3-5-11-13(7-9)16-14-8-10(2)4-6-12(14)15-11/h3-8,15H,1-2H3. The third-order valence-corrected chi connectivity index (χ3v) is 3.88. The highest BCUT2D eigenvalue weighted by molar-refractivity contribution is 7.99. The van der Waals surface area contributed by atoms with Crippen molar-refractivity contribution in [2.75, 3.05) is 5.32 Å². The van der Waals surface area contributed by atoms with Gasteiger partial charge >= 0.3 is 0 Å². The number of nitrogens with one attached hydrogen (secondary N) is 1. The maximum atomic E-state index is 3.47. The zero-order valence-electron chi connectivity index (χ0n) is 9.37. The molecular weight excluding hydrogens is 214 g/mol. The summed E-state index contributed by atoms with van der Waals surface area (Å²) < 4.78 is 0. The van der Waals surface area contributed by atoms with Crippen molar-refractivity contribution < 1.29 is 0 Å². The number of hydrogen-bond donors (Lipinski definition) is 1. The van der Waals surface area contributed by atoms with Gasteiger partial charge in [0.15, 0.2) is 0 Å². The predicted molar refractivity (Wildman–Crippen MR) is 69.8 cm³/mol. The summed E-state index contributed by atoms with van der Waals surface area (Å²) in [6.07, 6.45) is 0. The molecule has 2 aromatic rings. The second-order valence-corrected chi connectivity index (χ2v) is 5.31. The van der Waals surface area contributed by atoms with Gasteiger partial charge < -0.3 is 5.32 Å². The maximum Gasteiger partial charge on any atom is 0.0526 e. The van der Waals surface area contributed by atoms with Gasteiger partial charge in [0.1, 0.15) is 0 Å². The highest BCUT2D eigenvalue weighted by Crippen LogP contribution is 2.44. The molecule has 80 valence electrons. The summed E-state index contributed by atoms with van der Waals surface area (Å²) in [6, 6.07) is 13.1. The molecule has 0 amide bonds. The van der Waals surface area contributed by atoms with E-state index in [1.54, 1.807) is 0 Å². The Hall–Kier alpha value is -1.41. The smallest absolute Gasteiger partial charge is 0.0526 e. The van der Waals surface area contributed by atoms with Gasteiger partial charge in [0.25, 0.3) is 0 Å². The Labute approximate surface area is 99.9 Å². The molecule has 1 heterocycles. The molecule has 2 aromatic carbocycles. The molecular formula is C14H13NS. The molecule has 0 aliphatic carbocycles. The largest absolute Gasteiger partial charge is 0.354 e. The lowest BCUT2D eigenvalue weighted by Crippen LogP contribution is -1.99. The van der Waals surface area contributed by atoms with Crippen LogP contribution in [0.1, 0.15) is 11.1 Å². The summed E-state index contributed by atoms with van der Waals surface area (Å²) in [5, 5.41) is 3.47. The molecule has 0 atom stereocenters. The van der Waals surface area contributed by atoms with Crippen molar-refractivity contribution in [1.29, 1.82) is 0 Å². The highest BCUT2D eigenvalue weighted by atomic mass is 32.2. The lowest BCUT2D eigenvalue weighted by molar-refractivity contribution is 1.27. The van der Waals surface area contributed by atoms with Crippen LogP contribution < -0.4 is 5.32 Å². The Morgan fingerprint density at radius 2 is 1.31 bits per heavy atom. The van der Waals surface area contributed by atoms with Gasteiger partial charge in [-0.05, 0) is 49.2 Å². The van der Waals surface area contributed by atoms with Crippen LogP contribution in [0.2, 0.25) is 0 Å². The highest BCUT2D eigenvalue weighted by Gasteiger charge is 2.15. The number of rotatable bonds is 0. The van der Waals surface area contributed by atoms with Crippen LogP contribution in [-0.4, -0.2) is 0 Å². The second kappa shape index (κ2) is 3.56. The van der Waals surface area contributed by atoms with E-state index in [0.717, 1.165) is 0 Å². The van der Waals surface area contributed by atoms with Gasteiger partial charge in [-0.2, -0.15) is 0 Å². The van der Waals surface area contributed by atoms with Gasteiger partial charge in [-0.25, -0.2) is 0 Å². The van der Waals surface area contributed by atoms with Crippen molar-refractivity contribution in [2.24, 2.45) is 0 Å². The van der Waals surface area contributed by atoms with E-state index in [2.05, 4.69) is 55.6 Å². The van der Waals surface area contributed by atoms with Crippen LogP contribution in [-0.2, 0) is 0 Å². The molecule has 0 unspecified atom stereocenters. The Morgan fingerprint density at radius 1 is 0.812 bits per heavy atom. The lowest BCUT2D eigenvalue weighted by Gasteiger charge is -2.21. The summed E-state index contributed by atoms with van der Waals surface area (Å²) in [5.41, 5.74) is 5.05. The van der Waals surface area contributed by atoms with Crippen molar-refractivity contribution in [3.63, 3.8) is 0 Å². The fourth-order valence-corrected chi connectivity index (χ4v) is 3.08. The fourth-order valence-electron chi connectivity index (χ4n) is 1.90. The molecule has 1 N–H and O–H groups in total. The van der Waals surface area contributed by atoms with Crippen molar-refractivity contribution in [3.05, 3.63) is 47.5 Å². The molecule has 0 aromatic heterocycles. The van der Waals surface area contributed by atoms with Gasteiger partial charge in [-0.15, -0.1) is 0 Å². The first-order chi connectivity index (χ1) is 7.72.